The van der Waals surface area contributed by atoms with Gasteiger partial charge >= 0.3 is 19.8 Å². The number of ether oxygens (including phenoxy) is 2. The molecule has 0 rings (SSSR count). The Labute approximate surface area is 392 Å². The number of quaternary nitrogens is 1. The summed E-state index contributed by atoms with van der Waals surface area (Å²) in [5.41, 5.74) is 0. The second-order valence-electron chi connectivity index (χ2n) is 17.8. The number of allylic oxidation sites excluding steroid dienone is 14. The van der Waals surface area contributed by atoms with Crippen molar-refractivity contribution in [3.63, 3.8) is 0 Å². The third-order valence-electron chi connectivity index (χ3n) is 10.4. The van der Waals surface area contributed by atoms with Crippen molar-refractivity contribution in [2.45, 2.75) is 200 Å². The predicted octanol–water partition coefficient (Wildman–Crippen LogP) is 15.1. The molecule has 0 saturated carbocycles. The minimum atomic E-state index is -4.38. The first-order chi connectivity index (χ1) is 31.0. The number of hydrogen-bond acceptors (Lipinski definition) is 7. The Balaban J connectivity index is 4.14. The van der Waals surface area contributed by atoms with Crippen molar-refractivity contribution in [2.75, 3.05) is 47.5 Å². The van der Waals surface area contributed by atoms with E-state index in [0.29, 0.717) is 17.4 Å². The van der Waals surface area contributed by atoms with Crippen LogP contribution in [0.5, 0.6) is 0 Å². The van der Waals surface area contributed by atoms with Gasteiger partial charge in [-0.1, -0.05) is 195 Å². The highest BCUT2D eigenvalue weighted by molar-refractivity contribution is 7.47. The maximum absolute atomic E-state index is 12.7. The van der Waals surface area contributed by atoms with Crippen LogP contribution in [0.2, 0.25) is 0 Å². The fraction of sp³-hybridized carbons (Fsp3) is 0.704. The minimum absolute atomic E-state index is 0.0277. The molecule has 0 aromatic rings. The smallest absolute Gasteiger partial charge is 0.462 e. The van der Waals surface area contributed by atoms with Crippen LogP contribution in [0.3, 0.4) is 0 Å². The summed E-state index contributed by atoms with van der Waals surface area (Å²) < 4.78 is 34.3. The molecule has 2 atom stereocenters. The molecule has 0 amide bonds. The van der Waals surface area contributed by atoms with Crippen molar-refractivity contribution in [1.82, 2.24) is 0 Å². The molecule has 9 nitrogen and oxygen atoms in total. The molecule has 0 aliphatic rings. The fourth-order valence-corrected chi connectivity index (χ4v) is 7.26. The molecule has 1 N–H and O–H groups in total. The summed E-state index contributed by atoms with van der Waals surface area (Å²) >= 11 is 0. The van der Waals surface area contributed by atoms with Gasteiger partial charge in [0.15, 0.2) is 6.10 Å². The van der Waals surface area contributed by atoms with Crippen LogP contribution in [-0.2, 0) is 32.7 Å². The highest BCUT2D eigenvalue weighted by Gasteiger charge is 2.27. The first kappa shape index (κ1) is 61.2. The van der Waals surface area contributed by atoms with E-state index < -0.39 is 26.5 Å². The normalized spacial score (nSPS) is 14.2. The highest BCUT2D eigenvalue weighted by atomic mass is 31.2. The molecule has 0 spiro atoms. The zero-order valence-corrected chi connectivity index (χ0v) is 42.4. The van der Waals surface area contributed by atoms with E-state index in [1.807, 2.05) is 21.1 Å². The molecule has 0 aliphatic heterocycles. The highest BCUT2D eigenvalue weighted by Crippen LogP contribution is 2.43. The van der Waals surface area contributed by atoms with Gasteiger partial charge in [-0.15, -0.1) is 0 Å². The third-order valence-corrected chi connectivity index (χ3v) is 11.4. The number of nitrogens with zero attached hydrogens (tertiary/aromatic N) is 1. The second kappa shape index (κ2) is 45.4. The summed E-state index contributed by atoms with van der Waals surface area (Å²) in [4.78, 5) is 35.4. The molecule has 0 aromatic heterocycles. The maximum atomic E-state index is 12.7. The van der Waals surface area contributed by atoms with Gasteiger partial charge in [0.2, 0.25) is 0 Å². The van der Waals surface area contributed by atoms with Gasteiger partial charge in [0, 0.05) is 12.8 Å². The first-order valence-corrected chi connectivity index (χ1v) is 26.8. The topological polar surface area (TPSA) is 108 Å². The predicted molar refractivity (Wildman–Crippen MR) is 270 cm³/mol. The maximum Gasteiger partial charge on any atom is 0.472 e. The molecule has 64 heavy (non-hydrogen) atoms. The number of hydrogen-bond donors (Lipinski definition) is 1. The van der Waals surface area contributed by atoms with Crippen molar-refractivity contribution in [3.05, 3.63) is 85.1 Å². The van der Waals surface area contributed by atoms with E-state index >= 15 is 0 Å². The third kappa shape index (κ3) is 48.6. The number of phosphoric ester groups is 1. The van der Waals surface area contributed by atoms with Gasteiger partial charge in [-0.2, -0.15) is 0 Å². The van der Waals surface area contributed by atoms with Crippen molar-refractivity contribution in [1.29, 1.82) is 0 Å². The lowest BCUT2D eigenvalue weighted by Gasteiger charge is -2.24. The van der Waals surface area contributed by atoms with Gasteiger partial charge in [-0.25, -0.2) is 4.57 Å². The average molecular weight is 917 g/mol. The lowest BCUT2D eigenvalue weighted by Crippen LogP contribution is -2.37. The number of carbonyl (C=O) groups is 2. The molecule has 0 bridgehead atoms. The van der Waals surface area contributed by atoms with Crippen LogP contribution in [-0.4, -0.2) is 74.9 Å². The van der Waals surface area contributed by atoms with Crippen molar-refractivity contribution >= 4 is 19.8 Å². The van der Waals surface area contributed by atoms with Crippen LogP contribution in [0, 0.1) is 0 Å². The number of carbonyl (C=O) groups excluding carboxylic acids is 2. The molecular weight excluding hydrogens is 822 g/mol. The Kier molecular flexibility index (Phi) is 43.4. The van der Waals surface area contributed by atoms with E-state index in [4.69, 9.17) is 18.5 Å². The summed E-state index contributed by atoms with van der Waals surface area (Å²) in [5.74, 6) is -0.811. The number of unbranched alkanes of at least 4 members (excludes halogenated alkanes) is 17. The summed E-state index contributed by atoms with van der Waals surface area (Å²) in [6.07, 6.45) is 59.4. The lowest BCUT2D eigenvalue weighted by atomic mass is 10.1. The van der Waals surface area contributed by atoms with E-state index in [2.05, 4.69) is 98.9 Å². The van der Waals surface area contributed by atoms with Crippen LogP contribution in [0.4, 0.5) is 0 Å². The summed E-state index contributed by atoms with van der Waals surface area (Å²) in [7, 11) is 1.46. The largest absolute Gasteiger partial charge is 0.472 e. The summed E-state index contributed by atoms with van der Waals surface area (Å²) in [6.45, 7) is 4.27. The molecule has 0 fully saturated rings. The van der Waals surface area contributed by atoms with Gasteiger partial charge < -0.3 is 18.9 Å². The van der Waals surface area contributed by atoms with E-state index in [1.54, 1.807) is 0 Å². The molecule has 0 radical (unpaired) electrons. The van der Waals surface area contributed by atoms with Gasteiger partial charge in [-0.05, 0) is 70.6 Å². The van der Waals surface area contributed by atoms with Crippen LogP contribution >= 0.6 is 7.82 Å². The van der Waals surface area contributed by atoms with Gasteiger partial charge in [-0.3, -0.25) is 18.6 Å². The standard InChI is InChI=1S/C54H94NO8P/c1-6-8-10-12-14-16-17-18-19-20-21-22-23-24-25-26-27-28-29-30-31-32-33-34-35-36-37-39-41-43-45-47-54(57)63-52(51-62-64(58,59)61-49-48-55(3,4)5)50-60-53(56)46-44-42-40-38-15-13-11-9-7-2/h8,10,14,16,18-19,21-22,24-25,27-28,30-31,52H,6-7,9,11-13,15,17,20,23,26,29,32-51H2,1-5H3/p+1/b10-8-,16-14-,19-18-,22-21-,25-24-,28-27-,31-30-. The molecule has 0 aromatic carbocycles. The molecule has 0 aliphatic carbocycles. The van der Waals surface area contributed by atoms with Crippen LogP contribution in [0.25, 0.3) is 0 Å². The zero-order valence-electron chi connectivity index (χ0n) is 41.5. The summed E-state index contributed by atoms with van der Waals surface area (Å²) in [5, 5.41) is 0. The molecule has 0 saturated heterocycles. The Morgan fingerprint density at radius 2 is 0.891 bits per heavy atom. The van der Waals surface area contributed by atoms with Crippen molar-refractivity contribution < 1.29 is 42.1 Å². The molecule has 10 heteroatoms. The number of rotatable bonds is 45. The Morgan fingerprint density at radius 1 is 0.500 bits per heavy atom. The van der Waals surface area contributed by atoms with Crippen LogP contribution in [0.1, 0.15) is 194 Å². The van der Waals surface area contributed by atoms with Crippen LogP contribution in [0.15, 0.2) is 85.1 Å². The SMILES string of the molecule is CC/C=C\C/C=C\C/C=C\C/C=C\C/C=C\C/C=C\C/C=C\CCCCCCCCCCCC(=O)OC(COC(=O)CCCCCCCCCCC)COP(=O)(O)OCC[N+](C)(C)C. The van der Waals surface area contributed by atoms with Gasteiger partial charge in [0.25, 0.3) is 0 Å². The molecule has 368 valence electrons. The number of likely N-dealkylation sites (N-methyl/N-ethyl adjacent to an activating group) is 1. The lowest BCUT2D eigenvalue weighted by molar-refractivity contribution is -0.870. The van der Waals surface area contributed by atoms with E-state index in [9.17, 15) is 19.0 Å². The Morgan fingerprint density at radius 3 is 1.33 bits per heavy atom. The van der Waals surface area contributed by atoms with E-state index in [0.717, 1.165) is 89.9 Å². The molecule has 2 unspecified atom stereocenters. The monoisotopic (exact) mass is 917 g/mol. The first-order valence-electron chi connectivity index (χ1n) is 25.3. The molecule has 0 heterocycles. The van der Waals surface area contributed by atoms with Crippen LogP contribution < -0.4 is 0 Å². The van der Waals surface area contributed by atoms with E-state index in [1.165, 1.54) is 70.6 Å². The Hall–Kier alpha value is -2.81. The van der Waals surface area contributed by atoms with Crippen molar-refractivity contribution in [3.8, 4) is 0 Å². The zero-order chi connectivity index (χ0) is 47.1. The van der Waals surface area contributed by atoms with Crippen molar-refractivity contribution in [2.24, 2.45) is 0 Å². The quantitative estimate of drug-likeness (QED) is 0.0212. The number of phosphoric acid groups is 1. The fourth-order valence-electron chi connectivity index (χ4n) is 6.52. The average Bonchev–Trinajstić information content (AvgIpc) is 3.25. The summed E-state index contributed by atoms with van der Waals surface area (Å²) in [6, 6.07) is 0. The molecular formula is C54H95NO8P+. The van der Waals surface area contributed by atoms with Gasteiger partial charge in [0.05, 0.1) is 27.7 Å². The Bertz CT molecular complexity index is 1360. The van der Waals surface area contributed by atoms with Gasteiger partial charge in [0.1, 0.15) is 19.8 Å². The van der Waals surface area contributed by atoms with E-state index in [-0.39, 0.29) is 32.0 Å². The number of esters is 2. The minimum Gasteiger partial charge on any atom is -0.462 e. The second-order valence-corrected chi connectivity index (χ2v) is 19.3.